The molecule has 2 fully saturated rings. The summed E-state index contributed by atoms with van der Waals surface area (Å²) in [4.78, 5) is 11.1. The third-order valence-electron chi connectivity index (χ3n) is 4.25. The van der Waals surface area contributed by atoms with Crippen molar-refractivity contribution in [2.45, 2.75) is 30.3 Å². The Bertz CT molecular complexity index is 425. The lowest BCUT2D eigenvalue weighted by Crippen LogP contribution is -2.32. The fourth-order valence-corrected chi connectivity index (χ4v) is 3.65. The molecule has 18 heavy (non-hydrogen) atoms. The van der Waals surface area contributed by atoms with E-state index in [1.54, 1.807) is 18.1 Å². The van der Waals surface area contributed by atoms with Crippen molar-refractivity contribution in [2.24, 2.45) is 17.6 Å². The molecule has 98 valence electrons. The minimum atomic E-state index is 0.415. The number of anilines is 1. The molecular weight excluding hydrogens is 244 g/mol. The van der Waals surface area contributed by atoms with Crippen LogP contribution in [0.15, 0.2) is 17.4 Å². The van der Waals surface area contributed by atoms with Crippen LogP contribution >= 0.6 is 11.8 Å². The molecule has 1 unspecified atom stereocenters. The number of fused-ring (bicyclic) bond motifs is 1. The molecular formula is C13H20N4S. The van der Waals surface area contributed by atoms with E-state index < -0.39 is 0 Å². The van der Waals surface area contributed by atoms with Gasteiger partial charge in [-0.1, -0.05) is 0 Å². The minimum absolute atomic E-state index is 0.415. The second kappa shape index (κ2) is 5.05. The molecule has 4 nitrogen and oxygen atoms in total. The molecule has 3 rings (SSSR count). The van der Waals surface area contributed by atoms with Gasteiger partial charge in [-0.05, 0) is 37.4 Å². The Morgan fingerprint density at radius 2 is 2.11 bits per heavy atom. The zero-order valence-electron chi connectivity index (χ0n) is 10.7. The SMILES string of the molecule is CSc1cc(N2C[C@H]3CCC(N)C[C@H]3C2)ncn1. The highest BCUT2D eigenvalue weighted by Crippen LogP contribution is 2.37. The number of aromatic nitrogens is 2. The van der Waals surface area contributed by atoms with Gasteiger partial charge in [0, 0.05) is 25.2 Å². The maximum Gasteiger partial charge on any atom is 0.133 e. The van der Waals surface area contributed by atoms with E-state index >= 15 is 0 Å². The number of hydrogen-bond donors (Lipinski definition) is 1. The summed E-state index contributed by atoms with van der Waals surface area (Å²) >= 11 is 1.67. The first kappa shape index (κ1) is 12.2. The van der Waals surface area contributed by atoms with Crippen molar-refractivity contribution in [1.82, 2.24) is 9.97 Å². The lowest BCUT2D eigenvalue weighted by Gasteiger charge is -2.27. The Morgan fingerprint density at radius 3 is 2.94 bits per heavy atom. The molecule has 0 amide bonds. The maximum absolute atomic E-state index is 6.07. The molecule has 1 saturated heterocycles. The second-order valence-electron chi connectivity index (χ2n) is 5.42. The van der Waals surface area contributed by atoms with Crippen molar-refractivity contribution in [3.63, 3.8) is 0 Å². The fraction of sp³-hybridized carbons (Fsp3) is 0.692. The first-order valence-electron chi connectivity index (χ1n) is 6.63. The van der Waals surface area contributed by atoms with Crippen molar-refractivity contribution in [1.29, 1.82) is 0 Å². The average Bonchev–Trinajstić information content (AvgIpc) is 2.81. The number of rotatable bonds is 2. The van der Waals surface area contributed by atoms with Gasteiger partial charge in [-0.25, -0.2) is 9.97 Å². The van der Waals surface area contributed by atoms with Crippen molar-refractivity contribution in [2.75, 3.05) is 24.2 Å². The van der Waals surface area contributed by atoms with Gasteiger partial charge in [0.05, 0.1) is 0 Å². The van der Waals surface area contributed by atoms with E-state index in [4.69, 9.17) is 5.73 Å². The molecule has 0 bridgehead atoms. The van der Waals surface area contributed by atoms with Crippen LogP contribution in [0, 0.1) is 11.8 Å². The maximum atomic E-state index is 6.07. The lowest BCUT2D eigenvalue weighted by atomic mass is 9.79. The Kier molecular flexibility index (Phi) is 3.43. The van der Waals surface area contributed by atoms with Crippen LogP contribution in [-0.2, 0) is 0 Å². The Morgan fingerprint density at radius 1 is 1.28 bits per heavy atom. The normalized spacial score (nSPS) is 31.4. The van der Waals surface area contributed by atoms with Gasteiger partial charge < -0.3 is 10.6 Å². The van der Waals surface area contributed by atoms with Gasteiger partial charge >= 0.3 is 0 Å². The van der Waals surface area contributed by atoms with E-state index in [2.05, 4.69) is 27.2 Å². The highest BCUT2D eigenvalue weighted by atomic mass is 32.2. The summed E-state index contributed by atoms with van der Waals surface area (Å²) in [6.45, 7) is 2.26. The molecule has 5 heteroatoms. The lowest BCUT2D eigenvalue weighted by molar-refractivity contribution is 0.271. The predicted octanol–water partition coefficient (Wildman–Crippen LogP) is 1.76. The quantitative estimate of drug-likeness (QED) is 0.651. The topological polar surface area (TPSA) is 55.0 Å². The molecule has 0 spiro atoms. The molecule has 0 aromatic carbocycles. The molecule has 1 saturated carbocycles. The molecule has 1 aromatic heterocycles. The first-order chi connectivity index (χ1) is 8.76. The summed E-state index contributed by atoms with van der Waals surface area (Å²) in [5, 5.41) is 1.05. The largest absolute Gasteiger partial charge is 0.356 e. The number of nitrogens with zero attached hydrogens (tertiary/aromatic N) is 3. The summed E-state index contributed by atoms with van der Waals surface area (Å²) in [5.74, 6) is 2.66. The van der Waals surface area contributed by atoms with Gasteiger partial charge in [-0.2, -0.15) is 0 Å². The average molecular weight is 264 g/mol. The van der Waals surface area contributed by atoms with Gasteiger partial charge in [0.2, 0.25) is 0 Å². The van der Waals surface area contributed by atoms with Crippen LogP contribution < -0.4 is 10.6 Å². The summed E-state index contributed by atoms with van der Waals surface area (Å²) < 4.78 is 0. The van der Waals surface area contributed by atoms with Crippen LogP contribution in [-0.4, -0.2) is 35.4 Å². The summed E-state index contributed by atoms with van der Waals surface area (Å²) in [6, 6.07) is 2.51. The Labute approximate surface area is 112 Å². The summed E-state index contributed by atoms with van der Waals surface area (Å²) in [6.07, 6.45) is 7.38. The summed E-state index contributed by atoms with van der Waals surface area (Å²) in [7, 11) is 0. The highest BCUT2D eigenvalue weighted by Gasteiger charge is 2.37. The Balaban J connectivity index is 1.74. The van der Waals surface area contributed by atoms with E-state index in [0.29, 0.717) is 6.04 Å². The molecule has 3 atom stereocenters. The van der Waals surface area contributed by atoms with E-state index in [1.807, 2.05) is 0 Å². The smallest absolute Gasteiger partial charge is 0.133 e. The van der Waals surface area contributed by atoms with Crippen molar-refractivity contribution < 1.29 is 0 Å². The second-order valence-corrected chi connectivity index (χ2v) is 6.24. The number of thioether (sulfide) groups is 1. The van der Waals surface area contributed by atoms with Crippen molar-refractivity contribution in [3.05, 3.63) is 12.4 Å². The van der Waals surface area contributed by atoms with Gasteiger partial charge in [0.1, 0.15) is 17.2 Å². The standard InChI is InChI=1S/C13H20N4S/c1-18-13-5-12(15-8-16-13)17-6-9-2-3-11(14)4-10(9)7-17/h5,8-11H,2-4,6-7,14H2,1H3/t9-,10+,11?/m1/s1. The zero-order valence-corrected chi connectivity index (χ0v) is 11.6. The third-order valence-corrected chi connectivity index (χ3v) is 4.89. The van der Waals surface area contributed by atoms with Crippen molar-refractivity contribution >= 4 is 17.6 Å². The van der Waals surface area contributed by atoms with E-state index in [1.165, 1.54) is 19.3 Å². The zero-order chi connectivity index (χ0) is 12.5. The van der Waals surface area contributed by atoms with Gasteiger partial charge in [-0.15, -0.1) is 11.8 Å². The molecule has 2 aliphatic rings. The number of hydrogen-bond acceptors (Lipinski definition) is 5. The third kappa shape index (κ3) is 2.34. The van der Waals surface area contributed by atoms with Gasteiger partial charge in [0.15, 0.2) is 0 Å². The van der Waals surface area contributed by atoms with E-state index in [0.717, 1.165) is 35.8 Å². The predicted molar refractivity (Wildman–Crippen MR) is 74.8 cm³/mol. The summed E-state index contributed by atoms with van der Waals surface area (Å²) in [5.41, 5.74) is 6.07. The van der Waals surface area contributed by atoms with Crippen LogP contribution in [0.1, 0.15) is 19.3 Å². The fourth-order valence-electron chi connectivity index (χ4n) is 3.27. The molecule has 1 aliphatic heterocycles. The Hall–Kier alpha value is -0.810. The monoisotopic (exact) mass is 264 g/mol. The molecule has 1 aromatic rings. The van der Waals surface area contributed by atoms with Crippen LogP contribution in [0.4, 0.5) is 5.82 Å². The van der Waals surface area contributed by atoms with Crippen LogP contribution in [0.2, 0.25) is 0 Å². The van der Waals surface area contributed by atoms with Crippen molar-refractivity contribution in [3.8, 4) is 0 Å². The van der Waals surface area contributed by atoms with Gasteiger partial charge in [0.25, 0.3) is 0 Å². The van der Waals surface area contributed by atoms with E-state index in [9.17, 15) is 0 Å². The van der Waals surface area contributed by atoms with Crippen LogP contribution in [0.25, 0.3) is 0 Å². The van der Waals surface area contributed by atoms with E-state index in [-0.39, 0.29) is 0 Å². The minimum Gasteiger partial charge on any atom is -0.356 e. The van der Waals surface area contributed by atoms with Crippen LogP contribution in [0.3, 0.4) is 0 Å². The molecule has 0 radical (unpaired) electrons. The van der Waals surface area contributed by atoms with Crippen LogP contribution in [0.5, 0.6) is 0 Å². The first-order valence-corrected chi connectivity index (χ1v) is 7.85. The molecule has 2 N–H and O–H groups in total. The van der Waals surface area contributed by atoms with Gasteiger partial charge in [-0.3, -0.25) is 0 Å². The number of nitrogens with two attached hydrogens (primary N) is 1. The highest BCUT2D eigenvalue weighted by molar-refractivity contribution is 7.98. The molecule has 2 heterocycles. The molecule has 1 aliphatic carbocycles.